The molecule has 0 saturated heterocycles. The van der Waals surface area contributed by atoms with Crippen LogP contribution in [0.2, 0.25) is 0 Å². The molecule has 0 fully saturated rings. The average Bonchev–Trinajstić information content (AvgIpc) is 2.17. The van der Waals surface area contributed by atoms with Gasteiger partial charge < -0.3 is 10.8 Å². The summed E-state index contributed by atoms with van der Waals surface area (Å²) in [6.07, 6.45) is 9.10. The second kappa shape index (κ2) is 3.98. The van der Waals surface area contributed by atoms with Crippen molar-refractivity contribution in [3.05, 3.63) is 35.6 Å². The Labute approximate surface area is 66.7 Å². The van der Waals surface area contributed by atoms with E-state index in [2.05, 4.69) is 0 Å². The highest BCUT2D eigenvalue weighted by molar-refractivity contribution is 5.26. The fourth-order valence-electron chi connectivity index (χ4n) is 1.03. The summed E-state index contributed by atoms with van der Waals surface area (Å²) < 4.78 is 0. The minimum absolute atomic E-state index is 0.317. The van der Waals surface area contributed by atoms with Gasteiger partial charge in [0.15, 0.2) is 0 Å². The molecule has 0 spiro atoms. The van der Waals surface area contributed by atoms with Gasteiger partial charge in [-0.1, -0.05) is 17.7 Å². The van der Waals surface area contributed by atoms with Gasteiger partial charge in [0, 0.05) is 0 Å². The number of aliphatic hydroxyl groups excluding tert-OH is 1. The van der Waals surface area contributed by atoms with E-state index >= 15 is 0 Å². The molecule has 60 valence electrons. The fraction of sp³-hybridized carbons (Fsp3) is 0.333. The monoisotopic (exact) mass is 151 g/mol. The van der Waals surface area contributed by atoms with Gasteiger partial charge in [0.25, 0.3) is 0 Å². The normalized spacial score (nSPS) is 17.2. The molecule has 0 atom stereocenters. The number of hydrogen-bond acceptors (Lipinski definition) is 2. The summed E-state index contributed by atoms with van der Waals surface area (Å²) in [6.45, 7) is 0.675. The molecule has 0 saturated carbocycles. The van der Waals surface area contributed by atoms with Gasteiger partial charge >= 0.3 is 0 Å². The highest BCUT2D eigenvalue weighted by Gasteiger charge is 1.96. The van der Waals surface area contributed by atoms with Crippen molar-refractivity contribution >= 4 is 0 Å². The Balaban J connectivity index is 2.62. The second-order valence-electron chi connectivity index (χ2n) is 2.56. The molecular weight excluding hydrogens is 138 g/mol. The van der Waals surface area contributed by atoms with Gasteiger partial charge in [-0.15, -0.1) is 0 Å². The topological polar surface area (TPSA) is 46.2 Å². The lowest BCUT2D eigenvalue weighted by Gasteiger charge is -1.98. The lowest BCUT2D eigenvalue weighted by Crippen LogP contribution is -1.99. The van der Waals surface area contributed by atoms with Crippen LogP contribution in [-0.4, -0.2) is 11.7 Å². The van der Waals surface area contributed by atoms with E-state index in [1.807, 2.05) is 12.2 Å². The molecular formula is C9H13NO. The van der Waals surface area contributed by atoms with Gasteiger partial charge in [-0.05, 0) is 31.5 Å². The molecule has 0 amide bonds. The van der Waals surface area contributed by atoms with Crippen molar-refractivity contribution in [3.63, 3.8) is 0 Å². The molecule has 1 aliphatic rings. The van der Waals surface area contributed by atoms with Gasteiger partial charge in [-0.25, -0.2) is 0 Å². The summed E-state index contributed by atoms with van der Waals surface area (Å²) in [5.74, 6) is 0.317. The van der Waals surface area contributed by atoms with Crippen molar-refractivity contribution in [1.82, 2.24) is 0 Å². The maximum absolute atomic E-state index is 9.07. The van der Waals surface area contributed by atoms with Crippen molar-refractivity contribution in [3.8, 4) is 0 Å². The van der Waals surface area contributed by atoms with Crippen LogP contribution in [0.3, 0.4) is 0 Å². The Hall–Kier alpha value is -1.02. The predicted octanol–water partition coefficient (Wildman–Crippen LogP) is 1.66. The first-order chi connectivity index (χ1) is 5.33. The van der Waals surface area contributed by atoms with E-state index in [9.17, 15) is 0 Å². The molecule has 0 unspecified atom stereocenters. The lowest BCUT2D eigenvalue weighted by atomic mass is 10.1. The molecule has 2 heteroatoms. The summed E-state index contributed by atoms with van der Waals surface area (Å²) in [4.78, 5) is 0. The predicted molar refractivity (Wildman–Crippen MR) is 46.2 cm³/mol. The first-order valence-corrected chi connectivity index (χ1v) is 3.78. The first kappa shape index (κ1) is 8.08. The molecule has 2 nitrogen and oxygen atoms in total. The van der Waals surface area contributed by atoms with Crippen molar-refractivity contribution in [2.75, 3.05) is 6.54 Å². The van der Waals surface area contributed by atoms with Crippen LogP contribution in [-0.2, 0) is 0 Å². The molecule has 1 rings (SSSR count). The zero-order valence-electron chi connectivity index (χ0n) is 6.46. The Kier molecular flexibility index (Phi) is 2.93. The summed E-state index contributed by atoms with van der Waals surface area (Å²) in [7, 11) is 0. The Morgan fingerprint density at radius 1 is 1.45 bits per heavy atom. The molecule has 0 aromatic heterocycles. The Bertz CT molecular complexity index is 214. The third-order valence-corrected chi connectivity index (χ3v) is 1.62. The van der Waals surface area contributed by atoms with Gasteiger partial charge in [-0.3, -0.25) is 0 Å². The number of nitrogens with two attached hydrogens (primary N) is 1. The van der Waals surface area contributed by atoms with E-state index in [1.54, 1.807) is 12.2 Å². The molecule has 0 radical (unpaired) electrons. The SMILES string of the molecule is NCCC1=CC=C(O)C=CC1. The number of rotatable bonds is 2. The lowest BCUT2D eigenvalue weighted by molar-refractivity contribution is 0.432. The van der Waals surface area contributed by atoms with Gasteiger partial charge in [-0.2, -0.15) is 0 Å². The minimum atomic E-state index is 0.317. The third kappa shape index (κ3) is 2.60. The van der Waals surface area contributed by atoms with E-state index < -0.39 is 0 Å². The van der Waals surface area contributed by atoms with Crippen molar-refractivity contribution < 1.29 is 5.11 Å². The highest BCUT2D eigenvalue weighted by Crippen LogP contribution is 2.11. The van der Waals surface area contributed by atoms with E-state index in [0.717, 1.165) is 12.8 Å². The largest absolute Gasteiger partial charge is 0.508 e. The average molecular weight is 151 g/mol. The minimum Gasteiger partial charge on any atom is -0.508 e. The van der Waals surface area contributed by atoms with E-state index in [4.69, 9.17) is 10.8 Å². The molecule has 0 aromatic carbocycles. The van der Waals surface area contributed by atoms with Crippen LogP contribution in [0.15, 0.2) is 35.6 Å². The highest BCUT2D eigenvalue weighted by atomic mass is 16.3. The summed E-state index contributed by atoms with van der Waals surface area (Å²) >= 11 is 0. The maximum Gasteiger partial charge on any atom is 0.115 e. The summed E-state index contributed by atoms with van der Waals surface area (Å²) in [5.41, 5.74) is 6.67. The number of hydrogen-bond donors (Lipinski definition) is 2. The van der Waals surface area contributed by atoms with Crippen LogP contribution in [0.4, 0.5) is 0 Å². The van der Waals surface area contributed by atoms with E-state index in [0.29, 0.717) is 12.3 Å². The van der Waals surface area contributed by atoms with Crippen LogP contribution in [0.1, 0.15) is 12.8 Å². The maximum atomic E-state index is 9.07. The third-order valence-electron chi connectivity index (χ3n) is 1.62. The molecule has 3 N–H and O–H groups in total. The van der Waals surface area contributed by atoms with Crippen LogP contribution in [0.5, 0.6) is 0 Å². The van der Waals surface area contributed by atoms with Crippen LogP contribution in [0, 0.1) is 0 Å². The fourth-order valence-corrected chi connectivity index (χ4v) is 1.03. The standard InChI is InChI=1S/C9H13NO/c10-7-6-8-2-1-3-9(11)5-4-8/h1,3-5,11H,2,6-7,10H2. The van der Waals surface area contributed by atoms with Crippen molar-refractivity contribution in [1.29, 1.82) is 0 Å². The van der Waals surface area contributed by atoms with E-state index in [1.165, 1.54) is 5.57 Å². The van der Waals surface area contributed by atoms with Gasteiger partial charge in [0.1, 0.15) is 5.76 Å². The van der Waals surface area contributed by atoms with Crippen LogP contribution >= 0.6 is 0 Å². The molecule has 0 aromatic rings. The smallest absolute Gasteiger partial charge is 0.115 e. The Morgan fingerprint density at radius 3 is 3.00 bits per heavy atom. The molecule has 0 aliphatic heterocycles. The Morgan fingerprint density at radius 2 is 2.27 bits per heavy atom. The van der Waals surface area contributed by atoms with E-state index in [-0.39, 0.29) is 0 Å². The number of allylic oxidation sites excluding steroid dienone is 4. The summed E-state index contributed by atoms with van der Waals surface area (Å²) in [5, 5.41) is 9.07. The molecule has 0 heterocycles. The summed E-state index contributed by atoms with van der Waals surface area (Å²) in [6, 6.07) is 0. The van der Waals surface area contributed by atoms with Crippen LogP contribution in [0.25, 0.3) is 0 Å². The van der Waals surface area contributed by atoms with Crippen LogP contribution < -0.4 is 5.73 Å². The molecule has 0 bridgehead atoms. The quantitative estimate of drug-likeness (QED) is 0.630. The molecule has 11 heavy (non-hydrogen) atoms. The second-order valence-corrected chi connectivity index (χ2v) is 2.56. The zero-order valence-corrected chi connectivity index (χ0v) is 6.46. The number of aliphatic hydroxyl groups is 1. The van der Waals surface area contributed by atoms with Gasteiger partial charge in [0.05, 0.1) is 0 Å². The van der Waals surface area contributed by atoms with Gasteiger partial charge in [0.2, 0.25) is 0 Å². The zero-order chi connectivity index (χ0) is 8.10. The first-order valence-electron chi connectivity index (χ1n) is 3.78. The van der Waals surface area contributed by atoms with Crippen molar-refractivity contribution in [2.24, 2.45) is 5.73 Å². The van der Waals surface area contributed by atoms with Crippen molar-refractivity contribution in [2.45, 2.75) is 12.8 Å². The molecule has 1 aliphatic carbocycles.